The average molecular weight is 224 g/mol. The monoisotopic (exact) mass is 224 g/mol. The number of furan rings is 1. The molecule has 0 aliphatic heterocycles. The lowest BCUT2D eigenvalue weighted by atomic mass is 10.2. The van der Waals surface area contributed by atoms with Gasteiger partial charge in [0.25, 0.3) is 0 Å². The van der Waals surface area contributed by atoms with Gasteiger partial charge in [-0.2, -0.15) is 0 Å². The van der Waals surface area contributed by atoms with Crippen LogP contribution < -0.4 is 5.32 Å². The van der Waals surface area contributed by atoms with Gasteiger partial charge in [0.1, 0.15) is 0 Å². The molecule has 1 aromatic rings. The Hall–Kier alpha value is -0.800. The third-order valence-corrected chi connectivity index (χ3v) is 2.78. The maximum atomic E-state index is 5.02. The fourth-order valence-corrected chi connectivity index (χ4v) is 1.95. The van der Waals surface area contributed by atoms with Gasteiger partial charge in [0.15, 0.2) is 0 Å². The first-order valence-electron chi connectivity index (χ1n) is 6.08. The summed E-state index contributed by atoms with van der Waals surface area (Å²) in [5.41, 5.74) is 1.21. The van der Waals surface area contributed by atoms with E-state index >= 15 is 0 Å². The molecular weight excluding hydrogens is 200 g/mol. The zero-order valence-electron chi connectivity index (χ0n) is 10.9. The first kappa shape index (κ1) is 13.3. The molecule has 3 nitrogen and oxygen atoms in total. The van der Waals surface area contributed by atoms with Gasteiger partial charge in [0, 0.05) is 37.3 Å². The number of hydrogen-bond donors (Lipinski definition) is 1. The van der Waals surface area contributed by atoms with Crippen LogP contribution in [0.25, 0.3) is 0 Å². The molecule has 0 saturated carbocycles. The molecule has 1 aromatic heterocycles. The lowest BCUT2D eigenvalue weighted by Crippen LogP contribution is -2.41. The minimum Gasteiger partial charge on any atom is -0.472 e. The number of hydrogen-bond acceptors (Lipinski definition) is 3. The Kier molecular flexibility index (Phi) is 5.56. The second-order valence-corrected chi connectivity index (χ2v) is 4.73. The summed E-state index contributed by atoms with van der Waals surface area (Å²) in [6, 6.07) is 3.21. The lowest BCUT2D eigenvalue weighted by molar-refractivity contribution is 0.176. The van der Waals surface area contributed by atoms with E-state index in [4.69, 9.17) is 4.42 Å². The molecule has 0 radical (unpaired) electrons. The minimum absolute atomic E-state index is 0.607. The van der Waals surface area contributed by atoms with Crippen molar-refractivity contribution >= 4 is 0 Å². The highest BCUT2D eigenvalue weighted by Gasteiger charge is 2.11. The molecule has 0 aromatic carbocycles. The molecule has 16 heavy (non-hydrogen) atoms. The number of nitrogens with zero attached hydrogens (tertiary/aromatic N) is 1. The summed E-state index contributed by atoms with van der Waals surface area (Å²) in [4.78, 5) is 2.49. The fraction of sp³-hybridized carbons (Fsp3) is 0.692. The van der Waals surface area contributed by atoms with E-state index in [0.717, 1.165) is 19.6 Å². The van der Waals surface area contributed by atoms with Crippen molar-refractivity contribution in [1.29, 1.82) is 0 Å². The average Bonchev–Trinajstić information content (AvgIpc) is 2.68. The Morgan fingerprint density at radius 1 is 1.25 bits per heavy atom. The summed E-state index contributed by atoms with van der Waals surface area (Å²) in [6.45, 7) is 12.0. The van der Waals surface area contributed by atoms with Crippen molar-refractivity contribution in [2.45, 2.75) is 46.3 Å². The van der Waals surface area contributed by atoms with Crippen molar-refractivity contribution in [1.82, 2.24) is 10.2 Å². The summed E-state index contributed by atoms with van der Waals surface area (Å²) in [5.74, 6) is 0. The summed E-state index contributed by atoms with van der Waals surface area (Å²) in [7, 11) is 0. The van der Waals surface area contributed by atoms with Crippen molar-refractivity contribution in [2.75, 3.05) is 13.1 Å². The highest BCUT2D eigenvalue weighted by Crippen LogP contribution is 2.03. The van der Waals surface area contributed by atoms with Gasteiger partial charge in [-0.25, -0.2) is 0 Å². The quantitative estimate of drug-likeness (QED) is 0.721. The van der Waals surface area contributed by atoms with Crippen LogP contribution in [-0.2, 0) is 6.54 Å². The predicted octanol–water partition coefficient (Wildman–Crippen LogP) is 2.49. The van der Waals surface area contributed by atoms with Gasteiger partial charge in [-0.05, 0) is 33.8 Å². The second kappa shape index (κ2) is 6.71. The van der Waals surface area contributed by atoms with E-state index in [1.165, 1.54) is 5.56 Å². The maximum absolute atomic E-state index is 5.02. The molecule has 0 aliphatic carbocycles. The SMILES string of the molecule is CC(C)N(CCNCc1ccoc1)C(C)C. The van der Waals surface area contributed by atoms with Crippen LogP contribution in [0.1, 0.15) is 33.3 Å². The Morgan fingerprint density at radius 2 is 1.94 bits per heavy atom. The zero-order chi connectivity index (χ0) is 12.0. The Labute approximate surface area is 98.8 Å². The van der Waals surface area contributed by atoms with Gasteiger partial charge in [-0.15, -0.1) is 0 Å². The van der Waals surface area contributed by atoms with E-state index in [2.05, 4.69) is 37.9 Å². The molecule has 0 unspecified atom stereocenters. The summed E-state index contributed by atoms with van der Waals surface area (Å²) >= 11 is 0. The van der Waals surface area contributed by atoms with Gasteiger partial charge < -0.3 is 9.73 Å². The molecule has 92 valence electrons. The first-order chi connectivity index (χ1) is 7.61. The van der Waals surface area contributed by atoms with Crippen LogP contribution in [0.3, 0.4) is 0 Å². The van der Waals surface area contributed by atoms with Gasteiger partial charge in [0.05, 0.1) is 12.5 Å². The largest absolute Gasteiger partial charge is 0.472 e. The van der Waals surface area contributed by atoms with Gasteiger partial charge in [-0.3, -0.25) is 4.90 Å². The van der Waals surface area contributed by atoms with Gasteiger partial charge >= 0.3 is 0 Å². The van der Waals surface area contributed by atoms with E-state index in [1.807, 2.05) is 6.07 Å². The van der Waals surface area contributed by atoms with Crippen LogP contribution in [0.15, 0.2) is 23.0 Å². The summed E-state index contributed by atoms with van der Waals surface area (Å²) in [5, 5.41) is 3.43. The van der Waals surface area contributed by atoms with E-state index in [-0.39, 0.29) is 0 Å². The Morgan fingerprint density at radius 3 is 2.44 bits per heavy atom. The highest BCUT2D eigenvalue weighted by molar-refractivity contribution is 5.04. The number of rotatable bonds is 7. The van der Waals surface area contributed by atoms with Crippen molar-refractivity contribution in [3.05, 3.63) is 24.2 Å². The van der Waals surface area contributed by atoms with E-state index in [0.29, 0.717) is 12.1 Å². The van der Waals surface area contributed by atoms with Crippen LogP contribution in [0.4, 0.5) is 0 Å². The number of nitrogens with one attached hydrogen (secondary N) is 1. The standard InChI is InChI=1S/C13H24N2O/c1-11(2)15(12(3)4)7-6-14-9-13-5-8-16-10-13/h5,8,10-12,14H,6-7,9H2,1-4H3. The van der Waals surface area contributed by atoms with E-state index < -0.39 is 0 Å². The minimum atomic E-state index is 0.607. The molecule has 0 amide bonds. The Balaban J connectivity index is 2.18. The fourth-order valence-electron chi connectivity index (χ4n) is 1.95. The molecule has 0 aliphatic rings. The molecule has 3 heteroatoms. The molecule has 0 saturated heterocycles. The van der Waals surface area contributed by atoms with Crippen molar-refractivity contribution in [3.8, 4) is 0 Å². The van der Waals surface area contributed by atoms with Crippen molar-refractivity contribution < 1.29 is 4.42 Å². The summed E-state index contributed by atoms with van der Waals surface area (Å²) in [6.07, 6.45) is 3.50. The smallest absolute Gasteiger partial charge is 0.0947 e. The van der Waals surface area contributed by atoms with Crippen molar-refractivity contribution in [3.63, 3.8) is 0 Å². The van der Waals surface area contributed by atoms with Crippen molar-refractivity contribution in [2.24, 2.45) is 0 Å². The zero-order valence-corrected chi connectivity index (χ0v) is 10.9. The first-order valence-corrected chi connectivity index (χ1v) is 6.08. The summed E-state index contributed by atoms with van der Waals surface area (Å²) < 4.78 is 5.02. The molecule has 1 heterocycles. The predicted molar refractivity (Wildman–Crippen MR) is 67.4 cm³/mol. The van der Waals surface area contributed by atoms with Crippen LogP contribution >= 0.6 is 0 Å². The molecule has 0 bridgehead atoms. The van der Waals surface area contributed by atoms with Crippen LogP contribution in [0, 0.1) is 0 Å². The van der Waals surface area contributed by atoms with E-state index in [9.17, 15) is 0 Å². The molecule has 1 rings (SSSR count). The molecule has 0 atom stereocenters. The molecular formula is C13H24N2O. The van der Waals surface area contributed by atoms with Crippen LogP contribution in [0.2, 0.25) is 0 Å². The third-order valence-electron chi connectivity index (χ3n) is 2.78. The van der Waals surface area contributed by atoms with E-state index in [1.54, 1.807) is 12.5 Å². The second-order valence-electron chi connectivity index (χ2n) is 4.73. The highest BCUT2D eigenvalue weighted by atomic mass is 16.3. The van der Waals surface area contributed by atoms with Gasteiger partial charge in [0.2, 0.25) is 0 Å². The topological polar surface area (TPSA) is 28.4 Å². The maximum Gasteiger partial charge on any atom is 0.0947 e. The molecule has 0 spiro atoms. The lowest BCUT2D eigenvalue weighted by Gasteiger charge is -2.30. The normalized spacial score (nSPS) is 11.9. The third kappa shape index (κ3) is 4.37. The van der Waals surface area contributed by atoms with Crippen LogP contribution in [-0.4, -0.2) is 30.1 Å². The van der Waals surface area contributed by atoms with Gasteiger partial charge in [-0.1, -0.05) is 0 Å². The Bertz CT molecular complexity index is 259. The van der Waals surface area contributed by atoms with Crippen LogP contribution in [0.5, 0.6) is 0 Å². The molecule has 1 N–H and O–H groups in total. The molecule has 0 fully saturated rings.